The van der Waals surface area contributed by atoms with E-state index in [1.807, 2.05) is 26.0 Å². The summed E-state index contributed by atoms with van der Waals surface area (Å²) in [6, 6.07) is 9.22. The van der Waals surface area contributed by atoms with Crippen molar-refractivity contribution in [1.29, 1.82) is 0 Å². The van der Waals surface area contributed by atoms with Crippen LogP contribution in [0.25, 0.3) is 0 Å². The molecule has 0 atom stereocenters. The summed E-state index contributed by atoms with van der Waals surface area (Å²) in [6.07, 6.45) is 1.36. The van der Waals surface area contributed by atoms with Gasteiger partial charge in [-0.15, -0.1) is 5.10 Å². The molecule has 0 aliphatic rings. The number of anilines is 4. The summed E-state index contributed by atoms with van der Waals surface area (Å²) in [5.74, 6) is -0.789. The first-order chi connectivity index (χ1) is 11.5. The first-order valence-corrected chi connectivity index (χ1v) is 7.27. The van der Waals surface area contributed by atoms with E-state index in [0.29, 0.717) is 5.82 Å². The van der Waals surface area contributed by atoms with Gasteiger partial charge in [-0.3, -0.25) is 0 Å². The van der Waals surface area contributed by atoms with E-state index in [4.69, 9.17) is 0 Å². The smallest absolute Gasteiger partial charge is 0.249 e. The SMILES string of the molecule is Cc1cc(C)cc(Nc2nncc(Nc3ccc(F)cc3F)n2)c1. The molecule has 0 radical (unpaired) electrons. The lowest BCUT2D eigenvalue weighted by Gasteiger charge is -2.09. The predicted octanol–water partition coefficient (Wildman–Crippen LogP) is 4.25. The van der Waals surface area contributed by atoms with Crippen LogP contribution in [0.3, 0.4) is 0 Å². The maximum absolute atomic E-state index is 13.7. The van der Waals surface area contributed by atoms with Gasteiger partial charge in [-0.2, -0.15) is 10.1 Å². The third-order valence-corrected chi connectivity index (χ3v) is 3.23. The first-order valence-electron chi connectivity index (χ1n) is 7.27. The van der Waals surface area contributed by atoms with Crippen LogP contribution < -0.4 is 10.6 Å². The zero-order valence-electron chi connectivity index (χ0n) is 13.1. The van der Waals surface area contributed by atoms with Crippen LogP contribution in [0.2, 0.25) is 0 Å². The number of rotatable bonds is 4. The van der Waals surface area contributed by atoms with Crippen molar-refractivity contribution in [2.75, 3.05) is 10.6 Å². The second kappa shape index (κ2) is 6.57. The van der Waals surface area contributed by atoms with E-state index < -0.39 is 11.6 Å². The number of hydrogen-bond donors (Lipinski definition) is 2. The molecule has 0 bridgehead atoms. The highest BCUT2D eigenvalue weighted by Crippen LogP contribution is 2.21. The molecule has 0 aliphatic carbocycles. The monoisotopic (exact) mass is 327 g/mol. The topological polar surface area (TPSA) is 62.7 Å². The molecule has 0 spiro atoms. The number of aryl methyl sites for hydroxylation is 2. The van der Waals surface area contributed by atoms with Gasteiger partial charge >= 0.3 is 0 Å². The Labute approximate surface area is 137 Å². The fourth-order valence-electron chi connectivity index (χ4n) is 2.32. The van der Waals surface area contributed by atoms with E-state index in [9.17, 15) is 8.78 Å². The van der Waals surface area contributed by atoms with Crippen LogP contribution >= 0.6 is 0 Å². The minimum absolute atomic E-state index is 0.106. The number of hydrogen-bond acceptors (Lipinski definition) is 5. The van der Waals surface area contributed by atoms with Gasteiger partial charge in [0.1, 0.15) is 11.6 Å². The summed E-state index contributed by atoms with van der Waals surface area (Å²) >= 11 is 0. The molecule has 0 aliphatic heterocycles. The largest absolute Gasteiger partial charge is 0.336 e. The average Bonchev–Trinajstić information content (AvgIpc) is 2.49. The van der Waals surface area contributed by atoms with Gasteiger partial charge in [-0.05, 0) is 49.2 Å². The standard InChI is InChI=1S/C17H15F2N5/c1-10-5-11(2)7-13(6-10)21-17-23-16(9-20-24-17)22-15-4-3-12(18)8-14(15)19/h3-9H,1-2H3,(H2,21,22,23,24). The van der Waals surface area contributed by atoms with Crippen LogP contribution in [0.5, 0.6) is 0 Å². The molecule has 3 rings (SSSR count). The van der Waals surface area contributed by atoms with Gasteiger partial charge in [-0.1, -0.05) is 6.07 Å². The third kappa shape index (κ3) is 3.81. The van der Waals surface area contributed by atoms with Gasteiger partial charge < -0.3 is 10.6 Å². The molecule has 7 heteroatoms. The van der Waals surface area contributed by atoms with Crippen molar-refractivity contribution in [3.63, 3.8) is 0 Å². The van der Waals surface area contributed by atoms with Gasteiger partial charge in [0.15, 0.2) is 5.82 Å². The van der Waals surface area contributed by atoms with Crippen molar-refractivity contribution in [3.8, 4) is 0 Å². The third-order valence-electron chi connectivity index (χ3n) is 3.23. The second-order valence-electron chi connectivity index (χ2n) is 5.42. The molecule has 0 saturated heterocycles. The molecule has 1 aromatic heterocycles. The van der Waals surface area contributed by atoms with Gasteiger partial charge in [0, 0.05) is 11.8 Å². The molecule has 2 aromatic carbocycles. The number of benzene rings is 2. The Bertz CT molecular complexity index is 862. The molecule has 5 nitrogen and oxygen atoms in total. The molecule has 122 valence electrons. The Morgan fingerprint density at radius 2 is 1.67 bits per heavy atom. The summed E-state index contributed by atoms with van der Waals surface area (Å²) in [5.41, 5.74) is 3.15. The minimum Gasteiger partial charge on any atom is -0.336 e. The zero-order valence-corrected chi connectivity index (χ0v) is 13.1. The van der Waals surface area contributed by atoms with Crippen LogP contribution in [0, 0.1) is 25.5 Å². The Hall–Kier alpha value is -3.09. The van der Waals surface area contributed by atoms with E-state index in [1.165, 1.54) is 12.3 Å². The quantitative estimate of drug-likeness (QED) is 0.750. The lowest BCUT2D eigenvalue weighted by molar-refractivity contribution is 0.586. The lowest BCUT2D eigenvalue weighted by Crippen LogP contribution is -2.03. The van der Waals surface area contributed by atoms with Gasteiger partial charge in [0.05, 0.1) is 11.9 Å². The summed E-state index contributed by atoms with van der Waals surface area (Å²) in [7, 11) is 0. The molecule has 3 aromatic rings. The molecule has 0 amide bonds. The van der Waals surface area contributed by atoms with E-state index in [0.717, 1.165) is 28.9 Å². The second-order valence-corrected chi connectivity index (χ2v) is 5.42. The first kappa shape index (κ1) is 15.8. The van der Waals surface area contributed by atoms with Crippen LogP contribution in [0.15, 0.2) is 42.6 Å². The van der Waals surface area contributed by atoms with Crippen LogP contribution in [-0.4, -0.2) is 15.2 Å². The predicted molar refractivity (Wildman–Crippen MR) is 88.7 cm³/mol. The molecule has 1 heterocycles. The number of aromatic nitrogens is 3. The fourth-order valence-corrected chi connectivity index (χ4v) is 2.32. The van der Waals surface area contributed by atoms with Crippen molar-refractivity contribution < 1.29 is 8.78 Å². The highest BCUT2D eigenvalue weighted by Gasteiger charge is 2.07. The maximum atomic E-state index is 13.7. The van der Waals surface area contributed by atoms with Crippen LogP contribution in [-0.2, 0) is 0 Å². The van der Waals surface area contributed by atoms with Crippen molar-refractivity contribution in [2.45, 2.75) is 13.8 Å². The Balaban J connectivity index is 1.81. The Morgan fingerprint density at radius 1 is 0.917 bits per heavy atom. The molecular weight excluding hydrogens is 312 g/mol. The molecule has 24 heavy (non-hydrogen) atoms. The Morgan fingerprint density at radius 3 is 2.38 bits per heavy atom. The van der Waals surface area contributed by atoms with Crippen molar-refractivity contribution >= 4 is 23.1 Å². The van der Waals surface area contributed by atoms with Gasteiger partial charge in [0.25, 0.3) is 0 Å². The molecule has 0 saturated carbocycles. The van der Waals surface area contributed by atoms with Gasteiger partial charge in [-0.25, -0.2) is 8.78 Å². The highest BCUT2D eigenvalue weighted by molar-refractivity contribution is 5.60. The normalized spacial score (nSPS) is 10.5. The number of nitrogens with zero attached hydrogens (tertiary/aromatic N) is 3. The number of halogens is 2. The summed E-state index contributed by atoms with van der Waals surface area (Å²) in [5, 5.41) is 13.6. The molecule has 0 fully saturated rings. The minimum atomic E-state index is -0.711. The zero-order chi connectivity index (χ0) is 17.1. The van der Waals surface area contributed by atoms with Crippen molar-refractivity contribution in [2.24, 2.45) is 0 Å². The molecule has 0 unspecified atom stereocenters. The average molecular weight is 327 g/mol. The van der Waals surface area contributed by atoms with Crippen LogP contribution in [0.4, 0.5) is 31.9 Å². The highest BCUT2D eigenvalue weighted by atomic mass is 19.1. The number of nitrogens with one attached hydrogen (secondary N) is 2. The van der Waals surface area contributed by atoms with Crippen molar-refractivity contribution in [3.05, 3.63) is 65.4 Å². The molecule has 2 N–H and O–H groups in total. The van der Waals surface area contributed by atoms with E-state index in [-0.39, 0.29) is 11.6 Å². The Kier molecular flexibility index (Phi) is 4.33. The van der Waals surface area contributed by atoms with E-state index >= 15 is 0 Å². The van der Waals surface area contributed by atoms with E-state index in [2.05, 4.69) is 31.9 Å². The van der Waals surface area contributed by atoms with Crippen LogP contribution in [0.1, 0.15) is 11.1 Å². The summed E-state index contributed by atoms with van der Waals surface area (Å²) in [4.78, 5) is 4.23. The maximum Gasteiger partial charge on any atom is 0.249 e. The van der Waals surface area contributed by atoms with Gasteiger partial charge in [0.2, 0.25) is 5.95 Å². The van der Waals surface area contributed by atoms with E-state index in [1.54, 1.807) is 0 Å². The summed E-state index contributed by atoms with van der Waals surface area (Å²) in [6.45, 7) is 3.99. The lowest BCUT2D eigenvalue weighted by atomic mass is 10.1. The summed E-state index contributed by atoms with van der Waals surface area (Å²) < 4.78 is 26.6. The van der Waals surface area contributed by atoms with Crippen molar-refractivity contribution in [1.82, 2.24) is 15.2 Å². The fraction of sp³-hybridized carbons (Fsp3) is 0.118. The molecular formula is C17H15F2N5.